The fourth-order valence-corrected chi connectivity index (χ4v) is 3.48. The Kier molecular flexibility index (Phi) is 7.01. The molecule has 4 heteroatoms. The molecule has 1 heterocycles. The Bertz CT molecular complexity index is 805. The first-order valence-corrected chi connectivity index (χ1v) is 9.75. The van der Waals surface area contributed by atoms with Crippen LogP contribution >= 0.6 is 0 Å². The van der Waals surface area contributed by atoms with Crippen LogP contribution < -0.4 is 9.64 Å². The van der Waals surface area contributed by atoms with Gasteiger partial charge in [-0.05, 0) is 54.7 Å². The van der Waals surface area contributed by atoms with Gasteiger partial charge in [0.15, 0.2) is 0 Å². The summed E-state index contributed by atoms with van der Waals surface area (Å²) in [7, 11) is 3.22. The maximum absolute atomic E-state index is 6.06. The molecule has 4 nitrogen and oxygen atoms in total. The van der Waals surface area contributed by atoms with E-state index < -0.39 is 0 Å². The van der Waals surface area contributed by atoms with Crippen molar-refractivity contribution in [1.29, 1.82) is 0 Å². The Hall–Kier alpha value is -2.88. The van der Waals surface area contributed by atoms with Gasteiger partial charge in [-0.25, -0.2) is 0 Å². The number of nitrogens with zero attached hydrogens (tertiary/aromatic N) is 1. The van der Waals surface area contributed by atoms with E-state index in [9.17, 15) is 0 Å². The molecule has 0 aliphatic carbocycles. The Morgan fingerprint density at radius 3 is 2.39 bits per heavy atom. The summed E-state index contributed by atoms with van der Waals surface area (Å²) in [5.74, 6) is 1.42. The molecule has 28 heavy (non-hydrogen) atoms. The molecule has 0 bridgehead atoms. The lowest BCUT2D eigenvalue weighted by atomic mass is 10.00. The van der Waals surface area contributed by atoms with Crippen LogP contribution in [0.2, 0.25) is 0 Å². The van der Waals surface area contributed by atoms with Gasteiger partial charge in [0.05, 0.1) is 26.1 Å². The molecule has 3 rings (SSSR count). The van der Waals surface area contributed by atoms with Crippen molar-refractivity contribution in [1.82, 2.24) is 0 Å². The topological polar surface area (TPSA) is 30.9 Å². The average Bonchev–Trinajstić information content (AvgIpc) is 2.77. The monoisotopic (exact) mass is 379 g/mol. The zero-order chi connectivity index (χ0) is 19.8. The number of piperidine rings is 1. The van der Waals surface area contributed by atoms with Gasteiger partial charge in [0.1, 0.15) is 18.1 Å². The van der Waals surface area contributed by atoms with Gasteiger partial charge in [-0.1, -0.05) is 30.8 Å². The van der Waals surface area contributed by atoms with Crippen LogP contribution in [0.15, 0.2) is 67.1 Å². The molecule has 0 aromatic heterocycles. The number of hydrogen-bond donors (Lipinski definition) is 0. The van der Waals surface area contributed by atoms with Crippen molar-refractivity contribution in [2.24, 2.45) is 0 Å². The highest BCUT2D eigenvalue weighted by atomic mass is 16.5. The predicted molar refractivity (Wildman–Crippen MR) is 114 cm³/mol. The van der Waals surface area contributed by atoms with Crippen molar-refractivity contribution in [3.63, 3.8) is 0 Å². The molecule has 0 saturated carbocycles. The van der Waals surface area contributed by atoms with Crippen LogP contribution in [-0.2, 0) is 16.1 Å². The quantitative estimate of drug-likeness (QED) is 0.454. The molecular formula is C24H29NO3. The highest BCUT2D eigenvalue weighted by Crippen LogP contribution is 2.28. The summed E-state index contributed by atoms with van der Waals surface area (Å²) < 4.78 is 16.6. The summed E-state index contributed by atoms with van der Waals surface area (Å²) in [6.07, 6.45) is 5.54. The number of methoxy groups -OCH3 is 2. The van der Waals surface area contributed by atoms with E-state index in [2.05, 4.69) is 23.6 Å². The number of rotatable bonds is 8. The zero-order valence-corrected chi connectivity index (χ0v) is 16.8. The summed E-state index contributed by atoms with van der Waals surface area (Å²) in [5, 5.41) is 0. The Morgan fingerprint density at radius 2 is 1.71 bits per heavy atom. The molecule has 0 spiro atoms. The Morgan fingerprint density at radius 1 is 1.00 bits per heavy atom. The maximum atomic E-state index is 6.06. The van der Waals surface area contributed by atoms with Gasteiger partial charge in [-0.15, -0.1) is 0 Å². The molecule has 0 atom stereocenters. The van der Waals surface area contributed by atoms with Crippen LogP contribution in [0.4, 0.5) is 5.69 Å². The van der Waals surface area contributed by atoms with Gasteiger partial charge < -0.3 is 19.1 Å². The largest absolute Gasteiger partial charge is 0.504 e. The molecular weight excluding hydrogens is 350 g/mol. The van der Waals surface area contributed by atoms with Gasteiger partial charge in [-0.3, -0.25) is 0 Å². The highest BCUT2D eigenvalue weighted by Gasteiger charge is 2.13. The lowest BCUT2D eigenvalue weighted by molar-refractivity contribution is 0.300. The van der Waals surface area contributed by atoms with Crippen LogP contribution in [0.1, 0.15) is 30.4 Å². The molecule has 1 saturated heterocycles. The number of benzene rings is 2. The lowest BCUT2D eigenvalue weighted by Crippen LogP contribution is -2.29. The van der Waals surface area contributed by atoms with Crippen molar-refractivity contribution >= 4 is 11.3 Å². The minimum atomic E-state index is 0.456. The third kappa shape index (κ3) is 4.89. The van der Waals surface area contributed by atoms with Crippen molar-refractivity contribution in [3.8, 4) is 5.75 Å². The van der Waals surface area contributed by atoms with E-state index in [0.29, 0.717) is 12.4 Å². The lowest BCUT2D eigenvalue weighted by Gasteiger charge is -2.28. The molecule has 2 aromatic rings. The van der Waals surface area contributed by atoms with E-state index in [4.69, 9.17) is 14.2 Å². The second kappa shape index (κ2) is 9.88. The molecule has 1 aliphatic heterocycles. The van der Waals surface area contributed by atoms with E-state index in [-0.39, 0.29) is 0 Å². The molecule has 0 radical (unpaired) electrons. The Balaban J connectivity index is 1.71. The van der Waals surface area contributed by atoms with E-state index in [1.54, 1.807) is 20.5 Å². The standard InChI is InChI=1S/C24H29NO3/c1-19(27-3)24(18-26-2)23-10-6-5-9-20(23)17-28-22-13-11-21(12-14-22)25-15-7-4-8-16-25/h5-6,9-14,18H,1,4,7-8,15-17H2,2-3H3/b24-18-. The van der Waals surface area contributed by atoms with E-state index in [0.717, 1.165) is 35.5 Å². The second-order valence-electron chi connectivity index (χ2n) is 6.88. The van der Waals surface area contributed by atoms with Crippen LogP contribution in [0, 0.1) is 0 Å². The maximum Gasteiger partial charge on any atom is 0.122 e. The third-order valence-corrected chi connectivity index (χ3v) is 5.04. The molecule has 1 aliphatic rings. The second-order valence-corrected chi connectivity index (χ2v) is 6.88. The van der Waals surface area contributed by atoms with Crippen molar-refractivity contribution in [3.05, 3.63) is 78.3 Å². The first kappa shape index (κ1) is 19.9. The minimum absolute atomic E-state index is 0.456. The predicted octanol–water partition coefficient (Wildman–Crippen LogP) is 5.40. The number of anilines is 1. The average molecular weight is 380 g/mol. The number of hydrogen-bond acceptors (Lipinski definition) is 4. The molecule has 0 amide bonds. The van der Waals surface area contributed by atoms with E-state index >= 15 is 0 Å². The fraction of sp³-hybridized carbons (Fsp3) is 0.333. The molecule has 1 fully saturated rings. The molecule has 0 unspecified atom stereocenters. The normalized spacial score (nSPS) is 14.5. The first-order chi connectivity index (χ1) is 13.7. The van der Waals surface area contributed by atoms with Gasteiger partial charge >= 0.3 is 0 Å². The van der Waals surface area contributed by atoms with Crippen LogP contribution in [0.5, 0.6) is 5.75 Å². The SMILES string of the molecule is C=C(OC)/C(=C/OC)c1ccccc1COc1ccc(N2CCCCC2)cc1. The summed E-state index contributed by atoms with van der Waals surface area (Å²) in [4.78, 5) is 2.45. The number of ether oxygens (including phenoxy) is 3. The van der Waals surface area contributed by atoms with Crippen LogP contribution in [0.25, 0.3) is 5.57 Å². The number of allylic oxidation sites excluding steroid dienone is 1. The van der Waals surface area contributed by atoms with E-state index in [1.165, 1.54) is 24.9 Å². The summed E-state index contributed by atoms with van der Waals surface area (Å²) in [6.45, 7) is 6.71. The van der Waals surface area contributed by atoms with Crippen molar-refractivity contribution in [2.45, 2.75) is 25.9 Å². The third-order valence-electron chi connectivity index (χ3n) is 5.04. The smallest absolute Gasteiger partial charge is 0.122 e. The molecule has 2 aromatic carbocycles. The van der Waals surface area contributed by atoms with Crippen LogP contribution in [-0.4, -0.2) is 27.3 Å². The van der Waals surface area contributed by atoms with Crippen molar-refractivity contribution < 1.29 is 14.2 Å². The fourth-order valence-electron chi connectivity index (χ4n) is 3.48. The molecule has 0 N–H and O–H groups in total. The summed E-state index contributed by atoms with van der Waals surface area (Å²) >= 11 is 0. The molecule has 148 valence electrons. The van der Waals surface area contributed by atoms with Crippen LogP contribution in [0.3, 0.4) is 0 Å². The summed E-state index contributed by atoms with van der Waals surface area (Å²) in [5.41, 5.74) is 4.11. The van der Waals surface area contributed by atoms with Crippen molar-refractivity contribution in [2.75, 3.05) is 32.2 Å². The van der Waals surface area contributed by atoms with Gasteiger partial charge in [-0.2, -0.15) is 0 Å². The van der Waals surface area contributed by atoms with E-state index in [1.807, 2.05) is 36.4 Å². The van der Waals surface area contributed by atoms with Gasteiger partial charge in [0.2, 0.25) is 0 Å². The highest BCUT2D eigenvalue weighted by molar-refractivity contribution is 5.77. The summed E-state index contributed by atoms with van der Waals surface area (Å²) in [6, 6.07) is 16.4. The minimum Gasteiger partial charge on any atom is -0.504 e. The zero-order valence-electron chi connectivity index (χ0n) is 16.8. The van der Waals surface area contributed by atoms with Gasteiger partial charge in [0, 0.05) is 18.8 Å². The van der Waals surface area contributed by atoms with Gasteiger partial charge in [0.25, 0.3) is 0 Å². The Labute approximate surface area is 168 Å². The first-order valence-electron chi connectivity index (χ1n) is 9.75.